The molecule has 8 heteroatoms. The van der Waals surface area contributed by atoms with E-state index in [0.717, 1.165) is 12.1 Å². The van der Waals surface area contributed by atoms with E-state index < -0.39 is 17.7 Å². The summed E-state index contributed by atoms with van der Waals surface area (Å²) in [6, 6.07) is 8.91. The zero-order valence-electron chi connectivity index (χ0n) is 15.3. The molecule has 3 rings (SSSR count). The summed E-state index contributed by atoms with van der Waals surface area (Å²) < 4.78 is 40.5. The van der Waals surface area contributed by atoms with Crippen molar-refractivity contribution in [1.82, 2.24) is 10.2 Å². The Labute approximate surface area is 160 Å². The van der Waals surface area contributed by atoms with Gasteiger partial charge in [0.25, 0.3) is 0 Å². The fraction of sp³-hybridized carbons (Fsp3) is 0.300. The monoisotopic (exact) mass is 391 g/mol. The van der Waals surface area contributed by atoms with Crippen molar-refractivity contribution < 1.29 is 22.8 Å². The summed E-state index contributed by atoms with van der Waals surface area (Å²) in [5.74, 6) is -1.78. The molecule has 0 fully saturated rings. The predicted octanol–water partition coefficient (Wildman–Crippen LogP) is 3.83. The average Bonchev–Trinajstić information content (AvgIpc) is 3.09. The van der Waals surface area contributed by atoms with E-state index in [4.69, 9.17) is 4.84 Å². The van der Waals surface area contributed by atoms with Crippen molar-refractivity contribution in [3.63, 3.8) is 0 Å². The van der Waals surface area contributed by atoms with Gasteiger partial charge in [-0.3, -0.25) is 0 Å². The van der Waals surface area contributed by atoms with Crippen molar-refractivity contribution in [3.05, 3.63) is 71.0 Å². The van der Waals surface area contributed by atoms with Gasteiger partial charge in [0.1, 0.15) is 17.5 Å². The fourth-order valence-electron chi connectivity index (χ4n) is 2.99. The number of hydrogen-bond donors (Lipinski definition) is 1. The Kier molecular flexibility index (Phi) is 6.18. The van der Waals surface area contributed by atoms with Crippen LogP contribution in [0.3, 0.4) is 0 Å². The van der Waals surface area contributed by atoms with Crippen LogP contribution in [-0.4, -0.2) is 35.8 Å². The van der Waals surface area contributed by atoms with Gasteiger partial charge in [-0.1, -0.05) is 17.3 Å². The number of oxime groups is 1. The van der Waals surface area contributed by atoms with Crippen LogP contribution in [0.1, 0.15) is 24.5 Å². The molecule has 0 bridgehead atoms. The maximum Gasteiger partial charge on any atom is 0.317 e. The largest absolute Gasteiger partial charge is 0.390 e. The maximum absolute atomic E-state index is 14.0. The minimum Gasteiger partial charge on any atom is -0.390 e. The normalized spacial score (nSPS) is 15.7. The van der Waals surface area contributed by atoms with Gasteiger partial charge in [0.2, 0.25) is 0 Å². The van der Waals surface area contributed by atoms with Crippen LogP contribution in [-0.2, 0) is 11.4 Å². The van der Waals surface area contributed by atoms with Gasteiger partial charge in [-0.15, -0.1) is 0 Å². The Morgan fingerprint density at radius 2 is 2.00 bits per heavy atom. The lowest BCUT2D eigenvalue weighted by molar-refractivity contribution is 0.0590. The molecule has 0 saturated carbocycles. The van der Waals surface area contributed by atoms with E-state index >= 15 is 0 Å². The number of nitrogens with zero attached hydrogens (tertiary/aromatic N) is 2. The quantitative estimate of drug-likeness (QED) is 0.814. The standard InChI is InChI=1S/C20H20F3N3O2/c1-2-24-20(27)26(11-13-4-3-5-14(21)8-13)12-16-10-19(25-28-16)17-7-6-15(22)9-18(17)23/h3-9,16H,2,10-12H2,1H3,(H,24,27)/t16-/m0/s1. The molecule has 1 N–H and O–H groups in total. The lowest BCUT2D eigenvalue weighted by Crippen LogP contribution is -2.43. The number of benzene rings is 2. The van der Waals surface area contributed by atoms with E-state index in [1.165, 1.54) is 23.1 Å². The molecule has 1 aliphatic heterocycles. The molecule has 0 saturated heterocycles. The van der Waals surface area contributed by atoms with Crippen LogP contribution < -0.4 is 5.32 Å². The Morgan fingerprint density at radius 1 is 1.21 bits per heavy atom. The number of urea groups is 1. The number of carbonyl (C=O) groups excluding carboxylic acids is 1. The third-order valence-corrected chi connectivity index (χ3v) is 4.28. The van der Waals surface area contributed by atoms with E-state index in [2.05, 4.69) is 10.5 Å². The van der Waals surface area contributed by atoms with Gasteiger partial charge in [-0.05, 0) is 36.8 Å². The van der Waals surface area contributed by atoms with Crippen LogP contribution in [0.2, 0.25) is 0 Å². The summed E-state index contributed by atoms with van der Waals surface area (Å²) in [5.41, 5.74) is 1.15. The number of hydrogen-bond acceptors (Lipinski definition) is 3. The topological polar surface area (TPSA) is 53.9 Å². The Hall–Kier alpha value is -3.03. The highest BCUT2D eigenvalue weighted by molar-refractivity contribution is 6.01. The second-order valence-electron chi connectivity index (χ2n) is 6.44. The van der Waals surface area contributed by atoms with E-state index in [9.17, 15) is 18.0 Å². The van der Waals surface area contributed by atoms with Gasteiger partial charge in [-0.2, -0.15) is 0 Å². The molecule has 1 heterocycles. The number of amides is 2. The molecule has 0 unspecified atom stereocenters. The van der Waals surface area contributed by atoms with Crippen molar-refractivity contribution >= 4 is 11.7 Å². The highest BCUT2D eigenvalue weighted by Gasteiger charge is 2.28. The molecule has 2 aromatic carbocycles. The van der Waals surface area contributed by atoms with Crippen LogP contribution in [0, 0.1) is 17.5 Å². The average molecular weight is 391 g/mol. The second-order valence-corrected chi connectivity index (χ2v) is 6.44. The molecule has 1 atom stereocenters. The molecule has 5 nitrogen and oxygen atoms in total. The van der Waals surface area contributed by atoms with Gasteiger partial charge >= 0.3 is 6.03 Å². The molecular weight excluding hydrogens is 371 g/mol. The molecule has 0 spiro atoms. The van der Waals surface area contributed by atoms with E-state index in [-0.39, 0.29) is 36.9 Å². The summed E-state index contributed by atoms with van der Waals surface area (Å²) in [6.07, 6.45) is -0.225. The van der Waals surface area contributed by atoms with Crippen LogP contribution >= 0.6 is 0 Å². The van der Waals surface area contributed by atoms with Crippen LogP contribution in [0.15, 0.2) is 47.6 Å². The molecule has 1 aliphatic rings. The number of carbonyl (C=O) groups is 1. The van der Waals surface area contributed by atoms with Crippen molar-refractivity contribution in [1.29, 1.82) is 0 Å². The zero-order valence-corrected chi connectivity index (χ0v) is 15.3. The summed E-state index contributed by atoms with van der Waals surface area (Å²) >= 11 is 0. The number of nitrogens with one attached hydrogen (secondary N) is 1. The first-order valence-corrected chi connectivity index (χ1v) is 8.91. The van der Waals surface area contributed by atoms with Gasteiger partial charge < -0.3 is 15.1 Å². The third-order valence-electron chi connectivity index (χ3n) is 4.28. The summed E-state index contributed by atoms with van der Waals surface area (Å²) in [5, 5.41) is 6.60. The fourth-order valence-corrected chi connectivity index (χ4v) is 2.99. The van der Waals surface area contributed by atoms with Gasteiger partial charge in [0, 0.05) is 31.1 Å². The summed E-state index contributed by atoms with van der Waals surface area (Å²) in [6.45, 7) is 2.59. The highest BCUT2D eigenvalue weighted by Crippen LogP contribution is 2.21. The predicted molar refractivity (Wildman–Crippen MR) is 98.3 cm³/mol. The Morgan fingerprint density at radius 3 is 2.71 bits per heavy atom. The van der Waals surface area contributed by atoms with Crippen LogP contribution in [0.4, 0.5) is 18.0 Å². The van der Waals surface area contributed by atoms with E-state index in [0.29, 0.717) is 17.8 Å². The lowest BCUT2D eigenvalue weighted by Gasteiger charge is -2.25. The second kappa shape index (κ2) is 8.77. The summed E-state index contributed by atoms with van der Waals surface area (Å²) in [4.78, 5) is 19.2. The highest BCUT2D eigenvalue weighted by atomic mass is 19.1. The SMILES string of the molecule is CCNC(=O)N(Cc1cccc(F)c1)C[C@@H]1CC(c2ccc(F)cc2F)=NO1. The van der Waals surface area contributed by atoms with Crippen molar-refractivity contribution in [3.8, 4) is 0 Å². The van der Waals surface area contributed by atoms with Crippen LogP contribution in [0.5, 0.6) is 0 Å². The number of halogens is 3. The van der Waals surface area contributed by atoms with E-state index in [1.54, 1.807) is 19.1 Å². The lowest BCUT2D eigenvalue weighted by atomic mass is 10.0. The van der Waals surface area contributed by atoms with Crippen molar-refractivity contribution in [2.24, 2.45) is 5.16 Å². The smallest absolute Gasteiger partial charge is 0.317 e. The molecular formula is C20H20F3N3O2. The molecule has 0 aromatic heterocycles. The maximum atomic E-state index is 14.0. The molecule has 0 radical (unpaired) electrons. The molecule has 28 heavy (non-hydrogen) atoms. The minimum absolute atomic E-state index is 0.165. The molecule has 2 aromatic rings. The van der Waals surface area contributed by atoms with Crippen molar-refractivity contribution in [2.75, 3.05) is 13.1 Å². The summed E-state index contributed by atoms with van der Waals surface area (Å²) in [7, 11) is 0. The first-order valence-electron chi connectivity index (χ1n) is 8.91. The van der Waals surface area contributed by atoms with E-state index in [1.807, 2.05) is 0 Å². The molecule has 2 amide bonds. The first kappa shape index (κ1) is 19.7. The molecule has 148 valence electrons. The third kappa shape index (κ3) is 4.82. The van der Waals surface area contributed by atoms with Crippen molar-refractivity contribution in [2.45, 2.75) is 26.0 Å². The van der Waals surface area contributed by atoms with Crippen LogP contribution in [0.25, 0.3) is 0 Å². The minimum atomic E-state index is -0.719. The first-order chi connectivity index (χ1) is 13.5. The van der Waals surface area contributed by atoms with Gasteiger partial charge in [-0.25, -0.2) is 18.0 Å². The zero-order chi connectivity index (χ0) is 20.1. The van der Waals surface area contributed by atoms with Gasteiger partial charge in [0.05, 0.1) is 12.3 Å². The molecule has 0 aliphatic carbocycles. The van der Waals surface area contributed by atoms with Gasteiger partial charge in [0.15, 0.2) is 6.10 Å². The number of rotatable bonds is 6. The Balaban J connectivity index is 1.68. The Bertz CT molecular complexity index is 889.